The van der Waals surface area contributed by atoms with Crippen LogP contribution < -0.4 is 10.2 Å². The Morgan fingerprint density at radius 2 is 1.69 bits per heavy atom. The lowest BCUT2D eigenvalue weighted by Gasteiger charge is -2.33. The van der Waals surface area contributed by atoms with Crippen LogP contribution in [0.4, 0.5) is 17.5 Å². The third-order valence-corrected chi connectivity index (χ3v) is 6.69. The van der Waals surface area contributed by atoms with Crippen LogP contribution in [0.1, 0.15) is 5.69 Å². The molecule has 4 rings (SSSR count). The second-order valence-electron chi connectivity index (χ2n) is 7.21. The predicted molar refractivity (Wildman–Crippen MR) is 112 cm³/mol. The first-order valence-corrected chi connectivity index (χ1v) is 10.9. The monoisotopic (exact) mass is 412 g/mol. The third kappa shape index (κ3) is 4.25. The smallest absolute Gasteiger partial charge is 0.206 e. The van der Waals surface area contributed by atoms with Gasteiger partial charge in [0.15, 0.2) is 5.82 Å². The number of sulfone groups is 1. The van der Waals surface area contributed by atoms with Crippen molar-refractivity contribution in [3.05, 3.63) is 54.2 Å². The fourth-order valence-corrected chi connectivity index (χ4v) is 4.57. The van der Waals surface area contributed by atoms with E-state index in [1.165, 1.54) is 0 Å². The normalized spacial score (nSPS) is 15.4. The van der Waals surface area contributed by atoms with Crippen molar-refractivity contribution in [3.8, 4) is 0 Å². The molecule has 9 heteroatoms. The Hall–Kier alpha value is -2.91. The largest absolute Gasteiger partial charge is 0.354 e. The van der Waals surface area contributed by atoms with Gasteiger partial charge in [-0.25, -0.2) is 13.4 Å². The lowest BCUT2D eigenvalue weighted by Crippen LogP contribution is -2.44. The molecule has 1 fully saturated rings. The van der Waals surface area contributed by atoms with Gasteiger partial charge in [-0.2, -0.15) is 5.10 Å². The first kappa shape index (κ1) is 19.4. The zero-order chi connectivity index (χ0) is 20.4. The van der Waals surface area contributed by atoms with E-state index in [9.17, 15) is 8.42 Å². The van der Waals surface area contributed by atoms with Gasteiger partial charge < -0.3 is 15.1 Å². The first-order chi connectivity index (χ1) is 13.9. The van der Waals surface area contributed by atoms with Gasteiger partial charge in [0, 0.05) is 44.0 Å². The van der Waals surface area contributed by atoms with E-state index in [4.69, 9.17) is 0 Å². The summed E-state index contributed by atoms with van der Waals surface area (Å²) in [6, 6.07) is 13.5. The molecule has 0 saturated carbocycles. The molecule has 0 aliphatic carbocycles. The highest BCUT2D eigenvalue weighted by atomic mass is 32.2. The van der Waals surface area contributed by atoms with Crippen molar-refractivity contribution in [1.82, 2.24) is 20.1 Å². The second kappa shape index (κ2) is 7.84. The van der Waals surface area contributed by atoms with Gasteiger partial charge >= 0.3 is 0 Å². The Kier molecular flexibility index (Phi) is 5.25. The summed E-state index contributed by atoms with van der Waals surface area (Å²) in [5, 5.41) is 10.2. The van der Waals surface area contributed by atoms with Crippen molar-refractivity contribution >= 4 is 27.3 Å². The summed E-state index contributed by atoms with van der Waals surface area (Å²) in [6.07, 6.45) is 0. The number of anilines is 3. The molecule has 0 unspecified atom stereocenters. The van der Waals surface area contributed by atoms with E-state index >= 15 is 0 Å². The molecular weight excluding hydrogens is 388 g/mol. The number of hydrogen-bond donors (Lipinski definition) is 2. The average Bonchev–Trinajstić information content (AvgIpc) is 3.13. The van der Waals surface area contributed by atoms with Gasteiger partial charge in [0.05, 0.1) is 9.79 Å². The summed E-state index contributed by atoms with van der Waals surface area (Å²) in [6.45, 7) is 5.29. The molecule has 1 aliphatic rings. The van der Waals surface area contributed by atoms with Crippen LogP contribution in [-0.2, 0) is 9.84 Å². The Balaban J connectivity index is 1.75. The Morgan fingerprint density at radius 3 is 2.34 bits per heavy atom. The molecule has 2 aromatic heterocycles. The van der Waals surface area contributed by atoms with E-state index < -0.39 is 9.84 Å². The Labute approximate surface area is 170 Å². The molecular formula is C20H24N6O2S. The summed E-state index contributed by atoms with van der Waals surface area (Å²) in [5.41, 5.74) is 0.903. The van der Waals surface area contributed by atoms with Crippen LogP contribution >= 0.6 is 0 Å². The van der Waals surface area contributed by atoms with Crippen LogP contribution in [0, 0.1) is 6.92 Å². The van der Waals surface area contributed by atoms with Gasteiger partial charge in [0.25, 0.3) is 0 Å². The Morgan fingerprint density at radius 1 is 0.966 bits per heavy atom. The Bertz CT molecular complexity index is 1090. The van der Waals surface area contributed by atoms with E-state index in [2.05, 4.69) is 37.3 Å². The molecule has 2 N–H and O–H groups in total. The minimum Gasteiger partial charge on any atom is -0.354 e. The number of aromatic amines is 1. The van der Waals surface area contributed by atoms with E-state index in [-0.39, 0.29) is 9.79 Å². The minimum absolute atomic E-state index is 0.211. The average molecular weight is 413 g/mol. The molecule has 0 bridgehead atoms. The van der Waals surface area contributed by atoms with Gasteiger partial charge in [-0.15, -0.1) is 0 Å². The summed E-state index contributed by atoms with van der Waals surface area (Å²) in [4.78, 5) is 9.50. The highest BCUT2D eigenvalue weighted by Gasteiger charge is 2.23. The highest BCUT2D eigenvalue weighted by Crippen LogP contribution is 2.28. The molecule has 1 aliphatic heterocycles. The summed E-state index contributed by atoms with van der Waals surface area (Å²) in [5.74, 6) is 1.68. The number of rotatable bonds is 5. The summed E-state index contributed by atoms with van der Waals surface area (Å²) >= 11 is 0. The lowest BCUT2D eigenvalue weighted by atomic mass is 10.3. The molecule has 3 heterocycles. The van der Waals surface area contributed by atoms with Gasteiger partial charge in [0.2, 0.25) is 9.84 Å². The molecule has 29 heavy (non-hydrogen) atoms. The van der Waals surface area contributed by atoms with Crippen molar-refractivity contribution in [3.63, 3.8) is 0 Å². The topological polar surface area (TPSA) is 94.2 Å². The standard InChI is InChI=1S/C20H24N6O2S/c1-15-12-19(24-23-15)21-18-13-17(29(27,28)16-6-4-3-5-7-16)14-20(22-18)26-10-8-25(2)9-11-26/h3-7,12-14H,8-11H2,1-2H3,(H2,21,22,23,24). The van der Waals surface area contributed by atoms with Crippen LogP contribution in [0.5, 0.6) is 0 Å². The fraction of sp³-hybridized carbons (Fsp3) is 0.300. The van der Waals surface area contributed by atoms with Crippen molar-refractivity contribution < 1.29 is 8.42 Å². The SMILES string of the molecule is Cc1cc(Nc2cc(S(=O)(=O)c3ccccc3)cc(N3CCN(C)CC3)n2)n[nH]1. The van der Waals surface area contributed by atoms with Crippen LogP contribution in [0.3, 0.4) is 0 Å². The van der Waals surface area contributed by atoms with Crippen LogP contribution in [0.2, 0.25) is 0 Å². The molecule has 8 nitrogen and oxygen atoms in total. The number of pyridine rings is 1. The number of aryl methyl sites for hydroxylation is 1. The molecule has 0 radical (unpaired) electrons. The van der Waals surface area contributed by atoms with Crippen molar-refractivity contribution in [1.29, 1.82) is 0 Å². The van der Waals surface area contributed by atoms with E-state index in [1.807, 2.05) is 13.0 Å². The molecule has 0 spiro atoms. The number of likely N-dealkylation sites (N-methyl/N-ethyl adjacent to an activating group) is 1. The molecule has 152 valence electrons. The molecule has 0 atom stereocenters. The number of piperazine rings is 1. The first-order valence-electron chi connectivity index (χ1n) is 9.46. The maximum atomic E-state index is 13.2. The van der Waals surface area contributed by atoms with E-state index in [0.29, 0.717) is 17.5 Å². The fourth-order valence-electron chi connectivity index (χ4n) is 3.26. The van der Waals surface area contributed by atoms with Crippen LogP contribution in [0.15, 0.2) is 58.3 Å². The molecule has 1 saturated heterocycles. The van der Waals surface area contributed by atoms with Gasteiger partial charge in [-0.05, 0) is 32.2 Å². The highest BCUT2D eigenvalue weighted by molar-refractivity contribution is 7.91. The molecule has 1 aromatic carbocycles. The van der Waals surface area contributed by atoms with Crippen molar-refractivity contribution in [2.75, 3.05) is 43.4 Å². The second-order valence-corrected chi connectivity index (χ2v) is 9.16. The lowest BCUT2D eigenvalue weighted by molar-refractivity contribution is 0.312. The molecule has 0 amide bonds. The number of H-pyrrole nitrogens is 1. The summed E-state index contributed by atoms with van der Waals surface area (Å²) in [7, 11) is -1.59. The molecule has 3 aromatic rings. The van der Waals surface area contributed by atoms with Gasteiger partial charge in [0.1, 0.15) is 11.6 Å². The third-order valence-electron chi connectivity index (χ3n) is 4.94. The zero-order valence-electron chi connectivity index (χ0n) is 16.5. The van der Waals surface area contributed by atoms with E-state index in [0.717, 1.165) is 31.9 Å². The zero-order valence-corrected chi connectivity index (χ0v) is 17.3. The number of aromatic nitrogens is 3. The minimum atomic E-state index is -3.67. The maximum absolute atomic E-state index is 13.2. The van der Waals surface area contributed by atoms with Crippen molar-refractivity contribution in [2.24, 2.45) is 0 Å². The van der Waals surface area contributed by atoms with Crippen LogP contribution in [0.25, 0.3) is 0 Å². The number of nitrogens with zero attached hydrogens (tertiary/aromatic N) is 4. The van der Waals surface area contributed by atoms with Gasteiger partial charge in [-0.1, -0.05) is 18.2 Å². The number of benzene rings is 1. The van der Waals surface area contributed by atoms with E-state index in [1.54, 1.807) is 42.5 Å². The van der Waals surface area contributed by atoms with Crippen molar-refractivity contribution in [2.45, 2.75) is 16.7 Å². The van der Waals surface area contributed by atoms with Gasteiger partial charge in [-0.3, -0.25) is 5.10 Å². The maximum Gasteiger partial charge on any atom is 0.206 e. The summed E-state index contributed by atoms with van der Waals surface area (Å²) < 4.78 is 26.5. The quantitative estimate of drug-likeness (QED) is 0.665. The van der Waals surface area contributed by atoms with Crippen LogP contribution in [-0.4, -0.2) is 61.7 Å². The predicted octanol–water partition coefficient (Wildman–Crippen LogP) is 2.44. The number of hydrogen-bond acceptors (Lipinski definition) is 7. The number of nitrogens with one attached hydrogen (secondary N) is 2.